The molecule has 0 spiro atoms. The molecule has 0 fully saturated rings. The largest absolute Gasteiger partial charge is 0.399 e. The van der Waals surface area contributed by atoms with E-state index in [1.807, 2.05) is 6.07 Å². The number of nitrogen functional groups attached to an aromatic ring is 1. The first-order valence-corrected chi connectivity index (χ1v) is 8.27. The van der Waals surface area contributed by atoms with Gasteiger partial charge in [0.05, 0.1) is 15.9 Å². The Hall–Kier alpha value is -1.55. The molecular formula is C17H20BrN3. The number of nitrogens with zero attached hydrogens (tertiary/aromatic N) is 2. The van der Waals surface area contributed by atoms with Crippen molar-refractivity contribution in [3.8, 4) is 0 Å². The zero-order chi connectivity index (χ0) is 15.0. The molecular weight excluding hydrogens is 326 g/mol. The summed E-state index contributed by atoms with van der Waals surface area (Å²) in [6.07, 6.45) is 5.37. The number of aryl methyl sites for hydroxylation is 3. The molecule has 3 rings (SSSR count). The second-order valence-corrected chi connectivity index (χ2v) is 6.19. The van der Waals surface area contributed by atoms with Crippen molar-refractivity contribution in [3.05, 3.63) is 45.2 Å². The third-order valence-electron chi connectivity index (χ3n) is 4.08. The minimum Gasteiger partial charge on any atom is -0.399 e. The Morgan fingerprint density at radius 1 is 1.33 bits per heavy atom. The molecule has 4 heteroatoms. The number of anilines is 1. The van der Waals surface area contributed by atoms with Crippen LogP contribution < -0.4 is 5.73 Å². The molecule has 0 atom stereocenters. The van der Waals surface area contributed by atoms with Gasteiger partial charge in [0.15, 0.2) is 0 Å². The molecule has 2 N–H and O–H groups in total. The Bertz CT molecular complexity index is 713. The third-order valence-corrected chi connectivity index (χ3v) is 4.95. The van der Waals surface area contributed by atoms with Crippen LogP contribution in [0.2, 0.25) is 0 Å². The smallest absolute Gasteiger partial charge is 0.0770 e. The van der Waals surface area contributed by atoms with Gasteiger partial charge in [-0.2, -0.15) is 5.10 Å². The first kappa shape index (κ1) is 14.4. The van der Waals surface area contributed by atoms with E-state index in [2.05, 4.69) is 57.8 Å². The topological polar surface area (TPSA) is 43.8 Å². The molecule has 1 aromatic carbocycles. The predicted octanol–water partition coefficient (Wildman–Crippen LogP) is 4.30. The van der Waals surface area contributed by atoms with Gasteiger partial charge in [-0.05, 0) is 77.0 Å². The van der Waals surface area contributed by atoms with E-state index in [0.717, 1.165) is 41.7 Å². The summed E-state index contributed by atoms with van der Waals surface area (Å²) in [5, 5.41) is 4.66. The van der Waals surface area contributed by atoms with Crippen molar-refractivity contribution in [2.45, 2.75) is 39.7 Å². The van der Waals surface area contributed by atoms with Gasteiger partial charge in [-0.1, -0.05) is 13.0 Å². The molecule has 2 aromatic rings. The minimum atomic E-state index is 0.850. The molecule has 21 heavy (non-hydrogen) atoms. The highest BCUT2D eigenvalue weighted by Crippen LogP contribution is 2.36. The summed E-state index contributed by atoms with van der Waals surface area (Å²) >= 11 is 3.71. The number of aromatic nitrogens is 2. The van der Waals surface area contributed by atoms with E-state index in [0.29, 0.717) is 0 Å². The maximum atomic E-state index is 5.88. The highest BCUT2D eigenvalue weighted by molar-refractivity contribution is 9.10. The highest BCUT2D eigenvalue weighted by Gasteiger charge is 2.19. The van der Waals surface area contributed by atoms with Gasteiger partial charge in [-0.25, -0.2) is 0 Å². The van der Waals surface area contributed by atoms with Crippen molar-refractivity contribution < 1.29 is 0 Å². The van der Waals surface area contributed by atoms with Crippen LogP contribution in [0.3, 0.4) is 0 Å². The number of nitrogens with two attached hydrogens (primary N) is 1. The van der Waals surface area contributed by atoms with Crippen LogP contribution >= 0.6 is 15.9 Å². The lowest BCUT2D eigenvalue weighted by Crippen LogP contribution is -1.99. The molecule has 0 bridgehead atoms. The lowest BCUT2D eigenvalue weighted by molar-refractivity contribution is 0.643. The minimum absolute atomic E-state index is 0.850. The molecule has 0 aliphatic heterocycles. The van der Waals surface area contributed by atoms with Gasteiger partial charge in [0.1, 0.15) is 0 Å². The van der Waals surface area contributed by atoms with E-state index in [9.17, 15) is 0 Å². The summed E-state index contributed by atoms with van der Waals surface area (Å²) in [6, 6.07) is 6.23. The maximum absolute atomic E-state index is 5.88. The number of fused-ring (bicyclic) bond motifs is 1. The Morgan fingerprint density at radius 2 is 2.14 bits per heavy atom. The average molecular weight is 346 g/mol. The van der Waals surface area contributed by atoms with E-state index >= 15 is 0 Å². The van der Waals surface area contributed by atoms with Crippen LogP contribution in [-0.4, -0.2) is 9.78 Å². The van der Waals surface area contributed by atoms with Crippen LogP contribution in [0, 0.1) is 0 Å². The van der Waals surface area contributed by atoms with E-state index in [1.165, 1.54) is 22.4 Å². The number of halogens is 1. The summed E-state index contributed by atoms with van der Waals surface area (Å²) in [7, 11) is 0. The molecule has 1 aliphatic carbocycles. The number of rotatable bonds is 3. The van der Waals surface area contributed by atoms with Crippen LogP contribution in [0.4, 0.5) is 5.69 Å². The SMILES string of the molecule is CCc1nn(CC)c(C=C2CCc3cc(N)ccc32)c1Br. The van der Waals surface area contributed by atoms with Gasteiger partial charge in [-0.15, -0.1) is 0 Å². The molecule has 1 aromatic heterocycles. The Morgan fingerprint density at radius 3 is 2.86 bits per heavy atom. The van der Waals surface area contributed by atoms with Gasteiger partial charge >= 0.3 is 0 Å². The standard InChI is InChI=1S/C17H20BrN3/c1-3-15-17(18)16(21(4-2)20-15)10-12-6-5-11-9-13(19)7-8-14(11)12/h7-10H,3-6,19H2,1-2H3. The van der Waals surface area contributed by atoms with Gasteiger partial charge in [0, 0.05) is 12.2 Å². The van der Waals surface area contributed by atoms with Crippen molar-refractivity contribution in [1.29, 1.82) is 0 Å². The fourth-order valence-corrected chi connectivity index (χ4v) is 3.64. The Balaban J connectivity index is 2.07. The number of hydrogen-bond donors (Lipinski definition) is 1. The van der Waals surface area contributed by atoms with E-state index < -0.39 is 0 Å². The molecule has 0 radical (unpaired) electrons. The van der Waals surface area contributed by atoms with Gasteiger partial charge in [-0.3, -0.25) is 4.68 Å². The van der Waals surface area contributed by atoms with Gasteiger partial charge in [0.25, 0.3) is 0 Å². The average Bonchev–Trinajstić information content (AvgIpc) is 3.01. The molecule has 3 nitrogen and oxygen atoms in total. The van der Waals surface area contributed by atoms with Crippen LogP contribution in [0.15, 0.2) is 22.7 Å². The number of benzene rings is 1. The van der Waals surface area contributed by atoms with Crippen molar-refractivity contribution >= 4 is 33.3 Å². The maximum Gasteiger partial charge on any atom is 0.0770 e. The Kier molecular flexibility index (Phi) is 3.89. The summed E-state index contributed by atoms with van der Waals surface area (Å²) in [4.78, 5) is 0. The molecule has 1 heterocycles. The third kappa shape index (κ3) is 2.53. The first-order valence-electron chi connectivity index (χ1n) is 7.48. The monoisotopic (exact) mass is 345 g/mol. The molecule has 110 valence electrons. The summed E-state index contributed by atoms with van der Waals surface area (Å²) in [5.41, 5.74) is 13.1. The molecule has 0 amide bonds. The highest BCUT2D eigenvalue weighted by atomic mass is 79.9. The van der Waals surface area contributed by atoms with E-state index in [1.54, 1.807) is 0 Å². The van der Waals surface area contributed by atoms with E-state index in [-0.39, 0.29) is 0 Å². The summed E-state index contributed by atoms with van der Waals surface area (Å²) < 4.78 is 3.20. The summed E-state index contributed by atoms with van der Waals surface area (Å²) in [5.74, 6) is 0. The van der Waals surface area contributed by atoms with Crippen molar-refractivity contribution in [2.24, 2.45) is 0 Å². The zero-order valence-corrected chi connectivity index (χ0v) is 14.1. The first-order chi connectivity index (χ1) is 10.1. The lowest BCUT2D eigenvalue weighted by atomic mass is 10.1. The van der Waals surface area contributed by atoms with Crippen molar-refractivity contribution in [1.82, 2.24) is 9.78 Å². The quantitative estimate of drug-likeness (QED) is 0.843. The van der Waals surface area contributed by atoms with Crippen LogP contribution in [0.5, 0.6) is 0 Å². The fraction of sp³-hybridized carbons (Fsp3) is 0.353. The Labute approximate surface area is 134 Å². The number of allylic oxidation sites excluding steroid dienone is 1. The normalized spacial score (nSPS) is 15.7. The predicted molar refractivity (Wildman–Crippen MR) is 92.0 cm³/mol. The van der Waals surface area contributed by atoms with Crippen molar-refractivity contribution in [2.75, 3.05) is 5.73 Å². The second kappa shape index (κ2) is 5.68. The van der Waals surface area contributed by atoms with Crippen molar-refractivity contribution in [3.63, 3.8) is 0 Å². The molecule has 0 unspecified atom stereocenters. The molecule has 1 aliphatic rings. The fourth-order valence-electron chi connectivity index (χ4n) is 2.96. The van der Waals surface area contributed by atoms with Crippen LogP contribution in [0.1, 0.15) is 42.8 Å². The molecule has 0 saturated heterocycles. The molecule has 0 saturated carbocycles. The lowest BCUT2D eigenvalue weighted by Gasteiger charge is -2.05. The summed E-state index contributed by atoms with van der Waals surface area (Å²) in [6.45, 7) is 5.15. The van der Waals surface area contributed by atoms with Crippen LogP contribution in [0.25, 0.3) is 11.6 Å². The van der Waals surface area contributed by atoms with E-state index in [4.69, 9.17) is 5.73 Å². The van der Waals surface area contributed by atoms with Crippen LogP contribution in [-0.2, 0) is 19.4 Å². The number of hydrogen-bond acceptors (Lipinski definition) is 2. The second-order valence-electron chi connectivity index (χ2n) is 5.40. The zero-order valence-electron chi connectivity index (χ0n) is 12.5. The van der Waals surface area contributed by atoms with Gasteiger partial charge in [0.2, 0.25) is 0 Å². The van der Waals surface area contributed by atoms with Gasteiger partial charge < -0.3 is 5.73 Å².